The molecule has 0 saturated heterocycles. The minimum absolute atomic E-state index is 0.0367. The summed E-state index contributed by atoms with van der Waals surface area (Å²) in [6.07, 6.45) is 0. The summed E-state index contributed by atoms with van der Waals surface area (Å²) in [4.78, 5) is 15.5. The highest BCUT2D eigenvalue weighted by Crippen LogP contribution is 2.25. The summed E-state index contributed by atoms with van der Waals surface area (Å²) in [5.74, 6) is 0.673. The van der Waals surface area contributed by atoms with Crippen molar-refractivity contribution in [2.75, 3.05) is 6.54 Å². The van der Waals surface area contributed by atoms with Crippen LogP contribution in [0, 0.1) is 0 Å². The van der Waals surface area contributed by atoms with Crippen molar-refractivity contribution in [1.82, 2.24) is 10.6 Å². The Balaban J connectivity index is 2.07. The van der Waals surface area contributed by atoms with Gasteiger partial charge in [0.2, 0.25) is 0 Å². The van der Waals surface area contributed by atoms with E-state index in [4.69, 9.17) is 33.4 Å². The lowest BCUT2D eigenvalue weighted by molar-refractivity contribution is 0.0972. The molecule has 25 heavy (non-hydrogen) atoms. The van der Waals surface area contributed by atoms with Crippen molar-refractivity contribution in [3.05, 3.63) is 57.5 Å². The standard InChI is InChI=1S/C17H20Cl2N4O2/c1-3-21-17(22-9-12-5-7-15(25-12)16(20)24)23-10(2)11-4-6-13(18)14(19)8-11/h4-8,10H,3,9H2,1-2H3,(H2,20,24)(H2,21,22,23). The Morgan fingerprint density at radius 1 is 1.28 bits per heavy atom. The molecule has 4 N–H and O–H groups in total. The molecule has 0 aliphatic heterocycles. The maximum Gasteiger partial charge on any atom is 0.284 e. The molecule has 0 bridgehead atoms. The SMILES string of the molecule is CCNC(=NCc1ccc(C(N)=O)o1)NC(C)c1ccc(Cl)c(Cl)c1. The van der Waals surface area contributed by atoms with Crippen LogP contribution in [0.5, 0.6) is 0 Å². The number of nitrogens with zero attached hydrogens (tertiary/aromatic N) is 1. The zero-order valence-electron chi connectivity index (χ0n) is 14.0. The third-order valence-corrected chi connectivity index (χ3v) is 4.18. The number of hydrogen-bond donors (Lipinski definition) is 3. The Hall–Kier alpha value is -2.18. The quantitative estimate of drug-likeness (QED) is 0.526. The van der Waals surface area contributed by atoms with Crippen molar-refractivity contribution in [3.8, 4) is 0 Å². The Morgan fingerprint density at radius 2 is 2.04 bits per heavy atom. The lowest BCUT2D eigenvalue weighted by Crippen LogP contribution is -2.38. The van der Waals surface area contributed by atoms with Crippen LogP contribution in [-0.4, -0.2) is 18.4 Å². The second kappa shape index (κ2) is 8.78. The van der Waals surface area contributed by atoms with Crippen LogP contribution in [0.15, 0.2) is 39.7 Å². The van der Waals surface area contributed by atoms with E-state index in [2.05, 4.69) is 15.6 Å². The number of nitrogens with two attached hydrogens (primary N) is 1. The fourth-order valence-corrected chi connectivity index (χ4v) is 2.45. The normalized spacial score (nSPS) is 12.7. The Labute approximate surface area is 156 Å². The van der Waals surface area contributed by atoms with Gasteiger partial charge in [-0.3, -0.25) is 4.79 Å². The fraction of sp³-hybridized carbons (Fsp3) is 0.294. The molecule has 1 atom stereocenters. The predicted molar refractivity (Wildman–Crippen MR) is 100 cm³/mol. The number of aliphatic imine (C=N–C) groups is 1. The summed E-state index contributed by atoms with van der Waals surface area (Å²) in [7, 11) is 0. The first kappa shape index (κ1) is 19.1. The first-order valence-corrected chi connectivity index (χ1v) is 8.54. The van der Waals surface area contributed by atoms with Gasteiger partial charge in [-0.15, -0.1) is 0 Å². The molecule has 1 unspecified atom stereocenters. The molecule has 8 heteroatoms. The molecule has 0 fully saturated rings. The molecule has 1 aromatic heterocycles. The van der Waals surface area contributed by atoms with Crippen LogP contribution in [-0.2, 0) is 6.54 Å². The number of halogens is 2. The number of furan rings is 1. The number of benzene rings is 1. The van der Waals surface area contributed by atoms with Crippen molar-refractivity contribution < 1.29 is 9.21 Å². The van der Waals surface area contributed by atoms with Crippen LogP contribution in [0.3, 0.4) is 0 Å². The van der Waals surface area contributed by atoms with Crippen LogP contribution in [0.4, 0.5) is 0 Å². The van der Waals surface area contributed by atoms with E-state index in [9.17, 15) is 4.79 Å². The average Bonchev–Trinajstić information content (AvgIpc) is 3.04. The Morgan fingerprint density at radius 3 is 2.64 bits per heavy atom. The van der Waals surface area contributed by atoms with Crippen LogP contribution in [0.2, 0.25) is 10.0 Å². The summed E-state index contributed by atoms with van der Waals surface area (Å²) in [6, 6.07) is 8.65. The molecule has 0 saturated carbocycles. The van der Waals surface area contributed by atoms with Crippen molar-refractivity contribution in [1.29, 1.82) is 0 Å². The molecular weight excluding hydrogens is 363 g/mol. The smallest absolute Gasteiger partial charge is 0.284 e. The molecule has 2 rings (SSSR count). The second-order valence-corrected chi connectivity index (χ2v) is 6.18. The van der Waals surface area contributed by atoms with Gasteiger partial charge >= 0.3 is 0 Å². The average molecular weight is 383 g/mol. The van der Waals surface area contributed by atoms with E-state index in [1.807, 2.05) is 26.0 Å². The number of carbonyl (C=O) groups is 1. The Bertz CT molecular complexity index is 774. The molecule has 6 nitrogen and oxygen atoms in total. The molecule has 1 heterocycles. The third kappa shape index (κ3) is 5.41. The third-order valence-electron chi connectivity index (χ3n) is 3.44. The summed E-state index contributed by atoms with van der Waals surface area (Å²) in [6.45, 7) is 4.94. The van der Waals surface area contributed by atoms with Gasteiger partial charge < -0.3 is 20.8 Å². The number of nitrogens with one attached hydrogen (secondary N) is 2. The van der Waals surface area contributed by atoms with Crippen LogP contribution < -0.4 is 16.4 Å². The number of amides is 1. The van der Waals surface area contributed by atoms with Gasteiger partial charge in [0.1, 0.15) is 12.3 Å². The van der Waals surface area contributed by atoms with E-state index in [1.165, 1.54) is 6.07 Å². The molecule has 0 radical (unpaired) electrons. The number of hydrogen-bond acceptors (Lipinski definition) is 3. The lowest BCUT2D eigenvalue weighted by atomic mass is 10.1. The number of rotatable bonds is 6. The van der Waals surface area contributed by atoms with Crippen molar-refractivity contribution >= 4 is 35.1 Å². The summed E-state index contributed by atoms with van der Waals surface area (Å²) >= 11 is 12.0. The highest BCUT2D eigenvalue weighted by atomic mass is 35.5. The summed E-state index contributed by atoms with van der Waals surface area (Å²) in [5.41, 5.74) is 6.15. The summed E-state index contributed by atoms with van der Waals surface area (Å²) < 4.78 is 5.32. The van der Waals surface area contributed by atoms with Gasteiger partial charge in [-0.05, 0) is 43.7 Å². The van der Waals surface area contributed by atoms with Crippen molar-refractivity contribution in [2.45, 2.75) is 26.4 Å². The highest BCUT2D eigenvalue weighted by Gasteiger charge is 2.11. The zero-order valence-corrected chi connectivity index (χ0v) is 15.5. The topological polar surface area (TPSA) is 92.6 Å². The number of primary amides is 1. The van der Waals surface area contributed by atoms with Gasteiger partial charge in [-0.1, -0.05) is 29.3 Å². The lowest BCUT2D eigenvalue weighted by Gasteiger charge is -2.18. The van der Waals surface area contributed by atoms with Gasteiger partial charge in [0, 0.05) is 6.54 Å². The minimum atomic E-state index is -0.603. The molecule has 1 aromatic carbocycles. The molecule has 0 aliphatic rings. The maximum absolute atomic E-state index is 11.1. The molecule has 2 aromatic rings. The first-order chi connectivity index (χ1) is 11.9. The van der Waals surface area contributed by atoms with E-state index >= 15 is 0 Å². The van der Waals surface area contributed by atoms with E-state index in [-0.39, 0.29) is 18.3 Å². The van der Waals surface area contributed by atoms with Crippen molar-refractivity contribution in [2.24, 2.45) is 10.7 Å². The highest BCUT2D eigenvalue weighted by molar-refractivity contribution is 6.42. The van der Waals surface area contributed by atoms with E-state index in [1.54, 1.807) is 12.1 Å². The van der Waals surface area contributed by atoms with Gasteiger partial charge in [0.05, 0.1) is 16.1 Å². The van der Waals surface area contributed by atoms with Gasteiger partial charge in [-0.2, -0.15) is 0 Å². The largest absolute Gasteiger partial charge is 0.454 e. The summed E-state index contributed by atoms with van der Waals surface area (Å²) in [5, 5.41) is 7.46. The van der Waals surface area contributed by atoms with E-state index in [0.29, 0.717) is 28.3 Å². The van der Waals surface area contributed by atoms with Crippen molar-refractivity contribution in [3.63, 3.8) is 0 Å². The zero-order chi connectivity index (χ0) is 18.4. The van der Waals surface area contributed by atoms with E-state index < -0.39 is 5.91 Å². The van der Waals surface area contributed by atoms with Gasteiger partial charge in [0.15, 0.2) is 11.7 Å². The molecular formula is C17H20Cl2N4O2. The van der Waals surface area contributed by atoms with Crippen LogP contribution in [0.1, 0.15) is 41.8 Å². The van der Waals surface area contributed by atoms with E-state index in [0.717, 1.165) is 5.56 Å². The number of carbonyl (C=O) groups excluding carboxylic acids is 1. The molecule has 1 amide bonds. The van der Waals surface area contributed by atoms with Gasteiger partial charge in [-0.25, -0.2) is 4.99 Å². The molecule has 0 spiro atoms. The fourth-order valence-electron chi connectivity index (χ4n) is 2.14. The van der Waals surface area contributed by atoms with Crippen LogP contribution in [0.25, 0.3) is 0 Å². The predicted octanol–water partition coefficient (Wildman–Crippen LogP) is 3.50. The maximum atomic E-state index is 11.1. The second-order valence-electron chi connectivity index (χ2n) is 5.36. The Kier molecular flexibility index (Phi) is 6.73. The molecule has 0 aliphatic carbocycles. The molecule has 134 valence electrons. The minimum Gasteiger partial charge on any atom is -0.454 e. The first-order valence-electron chi connectivity index (χ1n) is 7.79. The van der Waals surface area contributed by atoms with Crippen LogP contribution >= 0.6 is 23.2 Å². The van der Waals surface area contributed by atoms with Gasteiger partial charge in [0.25, 0.3) is 5.91 Å². The number of guanidine groups is 1. The monoisotopic (exact) mass is 382 g/mol.